The van der Waals surface area contributed by atoms with Crippen molar-refractivity contribution in [2.24, 2.45) is 5.73 Å². The minimum Gasteiger partial charge on any atom is -0.324 e. The number of aromatic nitrogens is 3. The van der Waals surface area contributed by atoms with Gasteiger partial charge in [-0.05, 0) is 13.8 Å². The summed E-state index contributed by atoms with van der Waals surface area (Å²) in [5, 5.41) is 8.90. The van der Waals surface area contributed by atoms with Crippen molar-refractivity contribution in [1.29, 1.82) is 0 Å². The second-order valence-corrected chi connectivity index (χ2v) is 4.00. The Hall–Kier alpha value is -0.990. The van der Waals surface area contributed by atoms with Crippen molar-refractivity contribution < 1.29 is 0 Å². The van der Waals surface area contributed by atoms with E-state index >= 15 is 0 Å². The van der Waals surface area contributed by atoms with Crippen molar-refractivity contribution in [2.75, 3.05) is 5.75 Å². The van der Waals surface area contributed by atoms with E-state index in [1.807, 2.05) is 4.57 Å². The molecule has 0 aliphatic rings. The summed E-state index contributed by atoms with van der Waals surface area (Å²) in [5.41, 5.74) is 5.56. The second-order valence-electron chi connectivity index (χ2n) is 3.06. The molecule has 0 atom stereocenters. The van der Waals surface area contributed by atoms with Crippen molar-refractivity contribution in [3.8, 4) is 12.3 Å². The lowest BCUT2D eigenvalue weighted by molar-refractivity contribution is 0.526. The highest BCUT2D eigenvalue weighted by molar-refractivity contribution is 7.99. The van der Waals surface area contributed by atoms with Crippen LogP contribution in [-0.4, -0.2) is 20.5 Å². The maximum absolute atomic E-state index is 5.56. The van der Waals surface area contributed by atoms with E-state index in [0.29, 0.717) is 18.3 Å². The van der Waals surface area contributed by atoms with Gasteiger partial charge in [-0.3, -0.25) is 0 Å². The molecule has 0 fully saturated rings. The minimum atomic E-state index is 0.309. The monoisotopic (exact) mass is 210 g/mol. The highest BCUT2D eigenvalue weighted by Gasteiger charge is 2.13. The molecule has 0 saturated heterocycles. The van der Waals surface area contributed by atoms with Gasteiger partial charge in [-0.2, -0.15) is 0 Å². The number of hydrogen-bond acceptors (Lipinski definition) is 4. The van der Waals surface area contributed by atoms with Crippen LogP contribution in [0.4, 0.5) is 0 Å². The van der Waals surface area contributed by atoms with Crippen LogP contribution in [0.15, 0.2) is 5.16 Å². The second kappa shape index (κ2) is 5.03. The molecule has 4 nitrogen and oxygen atoms in total. The molecule has 0 radical (unpaired) electrons. The third kappa shape index (κ3) is 2.28. The highest BCUT2D eigenvalue weighted by atomic mass is 32.2. The molecule has 1 aromatic heterocycles. The summed E-state index contributed by atoms with van der Waals surface area (Å²) in [5.74, 6) is 3.97. The number of thioether (sulfide) groups is 1. The van der Waals surface area contributed by atoms with Crippen LogP contribution in [0.25, 0.3) is 0 Å². The summed E-state index contributed by atoms with van der Waals surface area (Å²) < 4.78 is 2.02. The molecule has 1 heterocycles. The molecule has 2 N–H and O–H groups in total. The third-order valence-corrected chi connectivity index (χ3v) is 2.57. The zero-order valence-electron chi connectivity index (χ0n) is 8.40. The van der Waals surface area contributed by atoms with Gasteiger partial charge in [0.25, 0.3) is 0 Å². The SMILES string of the molecule is C#CCSc1nnc(CN)n1C(C)C. The van der Waals surface area contributed by atoms with Gasteiger partial charge in [0.15, 0.2) is 5.16 Å². The largest absolute Gasteiger partial charge is 0.324 e. The summed E-state index contributed by atoms with van der Waals surface area (Å²) in [6.45, 7) is 4.55. The Morgan fingerprint density at radius 3 is 2.79 bits per heavy atom. The molecule has 14 heavy (non-hydrogen) atoms. The number of nitrogens with zero attached hydrogens (tertiary/aromatic N) is 3. The van der Waals surface area contributed by atoms with Crippen LogP contribution < -0.4 is 5.73 Å². The molecular weight excluding hydrogens is 196 g/mol. The standard InChI is InChI=1S/C9H14N4S/c1-4-5-14-9-12-11-8(6-10)13(9)7(2)3/h1,7H,5-6,10H2,2-3H3. The molecule has 0 amide bonds. The van der Waals surface area contributed by atoms with E-state index < -0.39 is 0 Å². The number of nitrogens with two attached hydrogens (primary N) is 1. The summed E-state index contributed by atoms with van der Waals surface area (Å²) >= 11 is 1.51. The van der Waals surface area contributed by atoms with Gasteiger partial charge in [0.2, 0.25) is 0 Å². The first-order valence-corrected chi connectivity index (χ1v) is 5.39. The van der Waals surface area contributed by atoms with Gasteiger partial charge in [-0.25, -0.2) is 0 Å². The van der Waals surface area contributed by atoms with E-state index in [1.54, 1.807) is 0 Å². The van der Waals surface area contributed by atoms with Gasteiger partial charge >= 0.3 is 0 Å². The maximum atomic E-state index is 5.56. The average molecular weight is 210 g/mol. The number of terminal acetylenes is 1. The molecule has 76 valence electrons. The summed E-state index contributed by atoms with van der Waals surface area (Å²) in [7, 11) is 0. The first-order valence-electron chi connectivity index (χ1n) is 4.40. The topological polar surface area (TPSA) is 56.7 Å². The maximum Gasteiger partial charge on any atom is 0.192 e. The van der Waals surface area contributed by atoms with Gasteiger partial charge in [-0.15, -0.1) is 16.6 Å². The summed E-state index contributed by atoms with van der Waals surface area (Å²) in [6.07, 6.45) is 5.19. The molecule has 0 saturated carbocycles. The van der Waals surface area contributed by atoms with Gasteiger partial charge < -0.3 is 10.3 Å². The van der Waals surface area contributed by atoms with Crippen LogP contribution in [0.5, 0.6) is 0 Å². The fourth-order valence-electron chi connectivity index (χ4n) is 1.17. The molecule has 0 bridgehead atoms. The quantitative estimate of drug-likeness (QED) is 0.596. The molecule has 0 aromatic carbocycles. The Morgan fingerprint density at radius 2 is 2.29 bits per heavy atom. The van der Waals surface area contributed by atoms with Gasteiger partial charge in [0.1, 0.15) is 5.82 Å². The van der Waals surface area contributed by atoms with Crippen molar-refractivity contribution in [3.63, 3.8) is 0 Å². The Balaban J connectivity index is 2.93. The lowest BCUT2D eigenvalue weighted by atomic mass is 10.4. The fourth-order valence-corrected chi connectivity index (χ4v) is 1.94. The zero-order valence-corrected chi connectivity index (χ0v) is 9.21. The molecule has 0 unspecified atom stereocenters. The van der Waals surface area contributed by atoms with E-state index in [4.69, 9.17) is 12.2 Å². The van der Waals surface area contributed by atoms with Crippen LogP contribution in [0.2, 0.25) is 0 Å². The van der Waals surface area contributed by atoms with E-state index in [2.05, 4.69) is 30.0 Å². The Labute approximate surface area is 88.3 Å². The smallest absolute Gasteiger partial charge is 0.192 e. The zero-order chi connectivity index (χ0) is 10.6. The van der Waals surface area contributed by atoms with Gasteiger partial charge in [-0.1, -0.05) is 17.7 Å². The van der Waals surface area contributed by atoms with E-state index in [-0.39, 0.29) is 0 Å². The van der Waals surface area contributed by atoms with Gasteiger partial charge in [0, 0.05) is 6.04 Å². The first-order chi connectivity index (χ1) is 6.70. The Bertz CT molecular complexity index is 337. The van der Waals surface area contributed by atoms with Crippen LogP contribution >= 0.6 is 11.8 Å². The first kappa shape index (κ1) is 11.1. The number of rotatable bonds is 4. The molecule has 5 heteroatoms. The molecule has 1 aromatic rings. The van der Waals surface area contributed by atoms with Crippen LogP contribution in [0.3, 0.4) is 0 Å². The lowest BCUT2D eigenvalue weighted by Gasteiger charge is -2.11. The number of hydrogen-bond donors (Lipinski definition) is 1. The van der Waals surface area contributed by atoms with Crippen LogP contribution in [-0.2, 0) is 6.54 Å². The molecular formula is C9H14N4S. The average Bonchev–Trinajstić information content (AvgIpc) is 2.57. The summed E-state index contributed by atoms with van der Waals surface area (Å²) in [4.78, 5) is 0. The minimum absolute atomic E-state index is 0.309. The Morgan fingerprint density at radius 1 is 1.57 bits per heavy atom. The summed E-state index contributed by atoms with van der Waals surface area (Å²) in [6, 6.07) is 0.309. The highest BCUT2D eigenvalue weighted by Crippen LogP contribution is 2.20. The van der Waals surface area contributed by atoms with Crippen molar-refractivity contribution in [2.45, 2.75) is 31.6 Å². The molecule has 0 spiro atoms. The molecule has 0 aliphatic heterocycles. The van der Waals surface area contributed by atoms with Crippen molar-refractivity contribution in [1.82, 2.24) is 14.8 Å². The van der Waals surface area contributed by atoms with E-state index in [0.717, 1.165) is 11.0 Å². The van der Waals surface area contributed by atoms with Crippen molar-refractivity contribution in [3.05, 3.63) is 5.82 Å². The normalized spacial score (nSPS) is 10.5. The predicted molar refractivity (Wildman–Crippen MR) is 57.9 cm³/mol. The lowest BCUT2D eigenvalue weighted by Crippen LogP contribution is -2.11. The third-order valence-electron chi connectivity index (χ3n) is 1.72. The van der Waals surface area contributed by atoms with Crippen LogP contribution in [0, 0.1) is 12.3 Å². The van der Waals surface area contributed by atoms with Crippen molar-refractivity contribution >= 4 is 11.8 Å². The molecule has 1 rings (SSSR count). The van der Waals surface area contributed by atoms with E-state index in [9.17, 15) is 0 Å². The fraction of sp³-hybridized carbons (Fsp3) is 0.556. The van der Waals surface area contributed by atoms with Crippen LogP contribution in [0.1, 0.15) is 25.7 Å². The van der Waals surface area contributed by atoms with Gasteiger partial charge in [0.05, 0.1) is 12.3 Å². The predicted octanol–water partition coefficient (Wildman–Crippen LogP) is 1.04. The Kier molecular flexibility index (Phi) is 3.98. The molecule has 0 aliphatic carbocycles. The van der Waals surface area contributed by atoms with E-state index in [1.165, 1.54) is 11.8 Å².